The van der Waals surface area contributed by atoms with Gasteiger partial charge in [0.25, 0.3) is 0 Å². The van der Waals surface area contributed by atoms with Gasteiger partial charge in [0.2, 0.25) is 0 Å². The van der Waals surface area contributed by atoms with Crippen LogP contribution >= 0.6 is 0 Å². The average Bonchev–Trinajstić information content (AvgIpc) is 3.58. The molecule has 1 spiro atoms. The quantitative estimate of drug-likeness (QED) is 0.188. The van der Waals surface area contributed by atoms with Crippen LogP contribution in [0.4, 0.5) is 11.4 Å². The highest BCUT2D eigenvalue weighted by molar-refractivity contribution is 6.03. The summed E-state index contributed by atoms with van der Waals surface area (Å²) in [6.45, 7) is 6.70. The van der Waals surface area contributed by atoms with Gasteiger partial charge in [-0.3, -0.25) is 0 Å². The van der Waals surface area contributed by atoms with Crippen molar-refractivity contribution >= 4 is 27.7 Å². The minimum atomic E-state index is -0.381. The number of anilines is 2. The maximum atomic E-state index is 2.65. The van der Waals surface area contributed by atoms with Crippen molar-refractivity contribution < 1.29 is 0 Å². The molecule has 0 aromatic heterocycles. The van der Waals surface area contributed by atoms with E-state index in [-0.39, 0.29) is 11.5 Å². The topological polar surface area (TPSA) is 3.24 Å². The Hall–Kier alpha value is -5.66. The van der Waals surface area contributed by atoms with E-state index >= 15 is 0 Å². The number of benzene rings is 7. The van der Waals surface area contributed by atoms with E-state index in [1.165, 1.54) is 94.5 Å². The first-order valence-corrected chi connectivity index (χ1v) is 17.5. The van der Waals surface area contributed by atoms with Crippen molar-refractivity contribution in [3.8, 4) is 11.1 Å². The van der Waals surface area contributed by atoms with E-state index in [9.17, 15) is 0 Å². The molecule has 0 aliphatic heterocycles. The number of nitrogens with zero attached hydrogens (tertiary/aromatic N) is 1. The van der Waals surface area contributed by atoms with Crippen molar-refractivity contribution in [3.63, 3.8) is 0 Å². The molecule has 7 aromatic rings. The van der Waals surface area contributed by atoms with Crippen molar-refractivity contribution in [1.82, 2.24) is 0 Å². The summed E-state index contributed by atoms with van der Waals surface area (Å²) in [5.41, 5.74) is 20.0. The summed E-state index contributed by atoms with van der Waals surface area (Å²) in [4.78, 5) is 2.65. The molecule has 3 aliphatic carbocycles. The summed E-state index contributed by atoms with van der Waals surface area (Å²) in [5.74, 6) is 0. The SMILES string of the molecule is Cc1cc(C)cc(N(c2ccccc2C)C2CC3=C(c4ccccc42)c2cc4ccccc4cc2C32c3ccccc3-c3ccccc32)c1. The predicted octanol–water partition coefficient (Wildman–Crippen LogP) is 12.2. The third-order valence-electron chi connectivity index (χ3n) is 11.4. The van der Waals surface area contributed by atoms with Crippen molar-refractivity contribution in [1.29, 1.82) is 0 Å². The lowest BCUT2D eigenvalue weighted by atomic mass is 9.66. The summed E-state index contributed by atoms with van der Waals surface area (Å²) in [5, 5.41) is 2.59. The normalized spacial score (nSPS) is 16.3. The first kappa shape index (κ1) is 28.4. The number of rotatable bonds is 3. The zero-order valence-electron chi connectivity index (χ0n) is 28.2. The number of para-hydroxylation sites is 1. The summed E-state index contributed by atoms with van der Waals surface area (Å²) < 4.78 is 0. The largest absolute Gasteiger partial charge is 0.333 e. The molecule has 0 saturated carbocycles. The maximum absolute atomic E-state index is 2.65. The second-order valence-electron chi connectivity index (χ2n) is 14.2. The van der Waals surface area contributed by atoms with Crippen molar-refractivity contribution in [2.45, 2.75) is 38.6 Å². The standard InChI is InChI=1S/C48H37N/c1-30-24-31(2)26-35(25-30)49(45-23-13-4-14-32(45)3)46-29-44-47(39-20-8-7-19-38(39)46)40-27-33-15-5-6-16-34(33)28-43(40)48(44)41-21-11-9-17-36(41)37-18-10-12-22-42(37)48/h4-28,46H,29H2,1-3H3. The van der Waals surface area contributed by atoms with Gasteiger partial charge in [-0.1, -0.05) is 121 Å². The second kappa shape index (κ2) is 10.4. The summed E-state index contributed by atoms with van der Waals surface area (Å²) in [6, 6.07) is 57.6. The predicted molar refractivity (Wildman–Crippen MR) is 205 cm³/mol. The van der Waals surface area contributed by atoms with Gasteiger partial charge in [0.1, 0.15) is 0 Å². The first-order chi connectivity index (χ1) is 24.0. The van der Waals surface area contributed by atoms with E-state index in [1.54, 1.807) is 0 Å². The van der Waals surface area contributed by atoms with Gasteiger partial charge in [-0.15, -0.1) is 0 Å². The number of fused-ring (bicyclic) bond motifs is 12. The molecular weight excluding hydrogens is 591 g/mol. The minimum absolute atomic E-state index is 0.0952. The van der Waals surface area contributed by atoms with E-state index in [1.807, 2.05) is 0 Å². The van der Waals surface area contributed by atoms with Gasteiger partial charge in [-0.25, -0.2) is 0 Å². The molecule has 1 unspecified atom stereocenters. The third-order valence-corrected chi connectivity index (χ3v) is 11.4. The number of hydrogen-bond donors (Lipinski definition) is 0. The highest BCUT2D eigenvalue weighted by atomic mass is 15.2. The molecule has 10 rings (SSSR count). The van der Waals surface area contributed by atoms with Crippen LogP contribution < -0.4 is 4.90 Å². The van der Waals surface area contributed by atoms with Crippen LogP contribution in [0.15, 0.2) is 157 Å². The van der Waals surface area contributed by atoms with Crippen LogP contribution in [-0.2, 0) is 5.41 Å². The summed E-state index contributed by atoms with van der Waals surface area (Å²) >= 11 is 0. The van der Waals surface area contributed by atoms with Crippen LogP contribution in [0.1, 0.15) is 62.5 Å². The summed E-state index contributed by atoms with van der Waals surface area (Å²) in [6.07, 6.45) is 0.904. The van der Waals surface area contributed by atoms with Crippen LogP contribution in [0.3, 0.4) is 0 Å². The molecule has 1 atom stereocenters. The van der Waals surface area contributed by atoms with Crippen LogP contribution in [0.5, 0.6) is 0 Å². The Bertz CT molecular complexity index is 2460. The molecule has 49 heavy (non-hydrogen) atoms. The zero-order valence-corrected chi connectivity index (χ0v) is 28.2. The zero-order chi connectivity index (χ0) is 32.9. The maximum Gasteiger partial charge on any atom is 0.0689 e. The lowest BCUT2D eigenvalue weighted by Gasteiger charge is -2.42. The van der Waals surface area contributed by atoms with Crippen LogP contribution in [0.2, 0.25) is 0 Å². The van der Waals surface area contributed by atoms with Crippen molar-refractivity contribution in [2.24, 2.45) is 0 Å². The van der Waals surface area contributed by atoms with Gasteiger partial charge in [-0.2, -0.15) is 0 Å². The highest BCUT2D eigenvalue weighted by Crippen LogP contribution is 2.66. The van der Waals surface area contributed by atoms with Gasteiger partial charge >= 0.3 is 0 Å². The molecule has 234 valence electrons. The monoisotopic (exact) mass is 627 g/mol. The number of hydrogen-bond acceptors (Lipinski definition) is 1. The molecule has 3 aliphatic rings. The Morgan fingerprint density at radius 2 is 1.08 bits per heavy atom. The second-order valence-corrected chi connectivity index (χ2v) is 14.2. The molecule has 0 bridgehead atoms. The Morgan fingerprint density at radius 3 is 1.78 bits per heavy atom. The molecular formula is C48H37N. The van der Waals surface area contributed by atoms with Gasteiger partial charge in [0, 0.05) is 11.4 Å². The van der Waals surface area contributed by atoms with E-state index in [4.69, 9.17) is 0 Å². The fourth-order valence-corrected chi connectivity index (χ4v) is 9.64. The lowest BCUT2D eigenvalue weighted by molar-refractivity contribution is 0.616. The molecule has 0 amide bonds. The third kappa shape index (κ3) is 3.88. The van der Waals surface area contributed by atoms with E-state index in [0.29, 0.717) is 0 Å². The minimum Gasteiger partial charge on any atom is -0.333 e. The van der Waals surface area contributed by atoms with Gasteiger partial charge in [0.15, 0.2) is 0 Å². The van der Waals surface area contributed by atoms with Gasteiger partial charge < -0.3 is 4.90 Å². The fraction of sp³-hybridized carbons (Fsp3) is 0.125. The average molecular weight is 628 g/mol. The molecule has 0 saturated heterocycles. The Labute approximate surface area is 288 Å². The molecule has 0 heterocycles. The smallest absolute Gasteiger partial charge is 0.0689 e. The highest BCUT2D eigenvalue weighted by Gasteiger charge is 2.55. The Kier molecular flexibility index (Phi) is 6.03. The van der Waals surface area contributed by atoms with Crippen LogP contribution in [0, 0.1) is 20.8 Å². The fourth-order valence-electron chi connectivity index (χ4n) is 9.64. The molecule has 0 N–H and O–H groups in total. The molecule has 1 nitrogen and oxygen atoms in total. The summed E-state index contributed by atoms with van der Waals surface area (Å²) in [7, 11) is 0. The number of aryl methyl sites for hydroxylation is 3. The van der Waals surface area contributed by atoms with Gasteiger partial charge in [0.05, 0.1) is 11.5 Å². The van der Waals surface area contributed by atoms with E-state index in [0.717, 1.165) is 6.42 Å². The van der Waals surface area contributed by atoms with E-state index < -0.39 is 0 Å². The lowest BCUT2D eigenvalue weighted by Crippen LogP contribution is -2.33. The van der Waals surface area contributed by atoms with Crippen molar-refractivity contribution in [3.05, 3.63) is 207 Å². The van der Waals surface area contributed by atoms with Crippen molar-refractivity contribution in [2.75, 3.05) is 4.90 Å². The van der Waals surface area contributed by atoms with Gasteiger partial charge in [-0.05, 0) is 141 Å². The van der Waals surface area contributed by atoms with E-state index in [2.05, 4.69) is 177 Å². The Balaban J connectivity index is 1.32. The molecule has 1 heteroatoms. The molecule has 0 radical (unpaired) electrons. The van der Waals surface area contributed by atoms with Crippen LogP contribution in [-0.4, -0.2) is 0 Å². The van der Waals surface area contributed by atoms with Crippen LogP contribution in [0.25, 0.3) is 27.5 Å². The molecule has 7 aromatic carbocycles. The first-order valence-electron chi connectivity index (χ1n) is 17.5. The Morgan fingerprint density at radius 1 is 0.510 bits per heavy atom. The molecule has 0 fully saturated rings.